The Labute approximate surface area is 116 Å². The molecule has 0 fully saturated rings. The minimum atomic E-state index is -0.509. The zero-order chi connectivity index (χ0) is 13.1. The van der Waals surface area contributed by atoms with Crippen LogP contribution in [-0.2, 0) is 6.42 Å². The van der Waals surface area contributed by atoms with Gasteiger partial charge in [-0.05, 0) is 51.4 Å². The van der Waals surface area contributed by atoms with Crippen molar-refractivity contribution in [2.75, 3.05) is 0 Å². The van der Waals surface area contributed by atoms with E-state index in [0.29, 0.717) is 5.41 Å². The van der Waals surface area contributed by atoms with Gasteiger partial charge in [-0.15, -0.1) is 0 Å². The van der Waals surface area contributed by atoms with Gasteiger partial charge in [0.15, 0.2) is 0 Å². The fraction of sp³-hybridized carbons (Fsp3) is 0.643. The fourth-order valence-electron chi connectivity index (χ4n) is 2.17. The van der Waals surface area contributed by atoms with Gasteiger partial charge in [-0.1, -0.05) is 39.9 Å². The molecule has 1 heterocycles. The van der Waals surface area contributed by atoms with Gasteiger partial charge < -0.3 is 0 Å². The summed E-state index contributed by atoms with van der Waals surface area (Å²) in [5.41, 5.74) is 1.80. The van der Waals surface area contributed by atoms with Gasteiger partial charge in [0.05, 0.1) is 0 Å². The van der Waals surface area contributed by atoms with Crippen LogP contribution in [-0.4, -0.2) is 13.8 Å². The van der Waals surface area contributed by atoms with Crippen molar-refractivity contribution in [1.29, 1.82) is 0 Å². The predicted octanol–water partition coefficient (Wildman–Crippen LogP) is 4.54. The van der Waals surface area contributed by atoms with Crippen molar-refractivity contribution < 1.29 is 0 Å². The molecular weight excluding hydrogens is 290 g/mol. The quantitative estimate of drug-likeness (QED) is 0.587. The van der Waals surface area contributed by atoms with E-state index >= 15 is 0 Å². The van der Waals surface area contributed by atoms with Crippen molar-refractivity contribution in [2.24, 2.45) is 11.3 Å². The van der Waals surface area contributed by atoms with Crippen LogP contribution < -0.4 is 0 Å². The molecule has 1 aromatic rings. The molecule has 0 aliphatic rings. The summed E-state index contributed by atoms with van der Waals surface area (Å²) in [6, 6.07) is 5.72. The molecule has 96 valence electrons. The largest absolute Gasteiger partial charge is 0.249 e. The normalized spacial score (nSPS) is 14.1. The molecule has 0 aromatic carbocycles. The smallest absolute Gasteiger partial charge is 0.106 e. The van der Waals surface area contributed by atoms with Gasteiger partial charge in [0.1, 0.15) is 4.60 Å². The summed E-state index contributed by atoms with van der Waals surface area (Å²) in [7, 11) is -0.509. The molecule has 0 saturated carbocycles. The predicted molar refractivity (Wildman–Crippen MR) is 82.3 cm³/mol. The molecule has 3 heteroatoms. The summed E-state index contributed by atoms with van der Waals surface area (Å²) in [6.45, 7) is 12.0. The van der Waals surface area contributed by atoms with Crippen LogP contribution in [0.5, 0.6) is 0 Å². The summed E-state index contributed by atoms with van der Waals surface area (Å²) in [5, 5.41) is 0. The van der Waals surface area contributed by atoms with Crippen LogP contribution >= 0.6 is 15.9 Å². The molecule has 0 bridgehead atoms. The van der Waals surface area contributed by atoms with E-state index in [1.807, 2.05) is 6.20 Å². The lowest BCUT2D eigenvalue weighted by Crippen LogP contribution is -2.26. The zero-order valence-electron chi connectivity index (χ0n) is 11.6. The maximum absolute atomic E-state index is 4.20. The number of pyridine rings is 1. The highest BCUT2D eigenvalue weighted by molar-refractivity contribution is 9.10. The van der Waals surface area contributed by atoms with E-state index in [4.69, 9.17) is 0 Å². The lowest BCUT2D eigenvalue weighted by molar-refractivity contribution is 0.259. The monoisotopic (exact) mass is 313 g/mol. The van der Waals surface area contributed by atoms with Gasteiger partial charge in [0, 0.05) is 15.0 Å². The zero-order valence-corrected chi connectivity index (χ0v) is 14.4. The lowest BCUT2D eigenvalue weighted by atomic mass is 9.78. The molecule has 0 saturated heterocycles. The van der Waals surface area contributed by atoms with Gasteiger partial charge in [-0.25, -0.2) is 4.98 Å². The van der Waals surface area contributed by atoms with Gasteiger partial charge >= 0.3 is 0 Å². The van der Waals surface area contributed by atoms with E-state index in [-0.39, 0.29) is 0 Å². The topological polar surface area (TPSA) is 12.9 Å². The van der Waals surface area contributed by atoms with Crippen LogP contribution in [0, 0.1) is 11.3 Å². The maximum Gasteiger partial charge on any atom is 0.106 e. The van der Waals surface area contributed by atoms with Crippen LogP contribution in [0.15, 0.2) is 22.9 Å². The van der Waals surface area contributed by atoms with Crippen LogP contribution in [0.25, 0.3) is 0 Å². The number of hydrogen-bond acceptors (Lipinski definition) is 1. The van der Waals surface area contributed by atoms with E-state index in [1.165, 1.54) is 18.0 Å². The minimum Gasteiger partial charge on any atom is -0.249 e. The number of nitrogens with zero attached hydrogens (tertiary/aromatic N) is 1. The van der Waals surface area contributed by atoms with Gasteiger partial charge in [-0.2, -0.15) is 0 Å². The summed E-state index contributed by atoms with van der Waals surface area (Å²) in [5.74, 6) is 0.781. The minimum absolute atomic E-state index is 0.396. The molecule has 0 amide bonds. The Morgan fingerprint density at radius 1 is 1.35 bits per heavy atom. The summed E-state index contributed by atoms with van der Waals surface area (Å²) >= 11 is 3.45. The third kappa shape index (κ3) is 5.34. The third-order valence-electron chi connectivity index (χ3n) is 3.25. The van der Waals surface area contributed by atoms with Crippen molar-refractivity contribution in [3.63, 3.8) is 0 Å². The number of rotatable bonds is 4. The molecular formula is C14H24BrNSi. The highest BCUT2D eigenvalue weighted by atomic mass is 79.9. The lowest BCUT2D eigenvalue weighted by Gasteiger charge is -2.32. The molecule has 0 spiro atoms. The van der Waals surface area contributed by atoms with Crippen LogP contribution in [0.1, 0.15) is 26.3 Å². The van der Waals surface area contributed by atoms with Crippen molar-refractivity contribution in [3.8, 4) is 0 Å². The second-order valence-corrected chi connectivity index (χ2v) is 10.5. The fourth-order valence-corrected chi connectivity index (χ4v) is 4.59. The van der Waals surface area contributed by atoms with Gasteiger partial charge in [-0.3, -0.25) is 0 Å². The van der Waals surface area contributed by atoms with Crippen LogP contribution in [0.2, 0.25) is 19.1 Å². The van der Waals surface area contributed by atoms with Crippen molar-refractivity contribution in [1.82, 2.24) is 4.98 Å². The highest BCUT2D eigenvalue weighted by Gasteiger charge is 2.25. The average Bonchev–Trinajstić information content (AvgIpc) is 2.14. The molecule has 0 radical (unpaired) electrons. The number of hydrogen-bond donors (Lipinski definition) is 0. The van der Waals surface area contributed by atoms with E-state index in [0.717, 1.165) is 10.5 Å². The Kier molecular flexibility index (Phi) is 5.39. The molecule has 0 aliphatic carbocycles. The second-order valence-electron chi connectivity index (χ2n) is 6.38. The second kappa shape index (κ2) is 6.14. The first-order valence-electron chi connectivity index (χ1n) is 6.39. The average molecular weight is 314 g/mol. The van der Waals surface area contributed by atoms with Crippen molar-refractivity contribution in [2.45, 2.75) is 46.3 Å². The van der Waals surface area contributed by atoms with E-state index in [9.17, 15) is 0 Å². The molecule has 1 rings (SSSR count). The van der Waals surface area contributed by atoms with Crippen molar-refractivity contribution in [3.05, 3.63) is 28.5 Å². The van der Waals surface area contributed by atoms with Crippen LogP contribution in [0.3, 0.4) is 0 Å². The summed E-state index contributed by atoms with van der Waals surface area (Å²) in [4.78, 5) is 4.20. The Balaban J connectivity index is 2.79. The highest BCUT2D eigenvalue weighted by Crippen LogP contribution is 2.33. The van der Waals surface area contributed by atoms with Crippen molar-refractivity contribution >= 4 is 24.7 Å². The SMILES string of the molecule is C[SiH](C)CC(Cc1ccnc(Br)c1)C(C)(C)C. The summed E-state index contributed by atoms with van der Waals surface area (Å²) < 4.78 is 0.949. The molecule has 17 heavy (non-hydrogen) atoms. The first kappa shape index (κ1) is 14.9. The first-order chi connectivity index (χ1) is 7.79. The molecule has 0 N–H and O–H groups in total. The van der Waals surface area contributed by atoms with E-state index < -0.39 is 8.80 Å². The Hall–Kier alpha value is -0.153. The van der Waals surface area contributed by atoms with E-state index in [1.54, 1.807) is 0 Å². The third-order valence-corrected chi connectivity index (χ3v) is 5.20. The van der Waals surface area contributed by atoms with Crippen LogP contribution in [0.4, 0.5) is 0 Å². The molecule has 1 unspecified atom stereocenters. The first-order valence-corrected chi connectivity index (χ1v) is 10.3. The standard InChI is InChI=1S/C14H24BrNSi/c1-14(2,3)12(10-17(4)5)8-11-6-7-16-13(15)9-11/h6-7,9,12,17H,8,10H2,1-5H3. The Morgan fingerprint density at radius 3 is 2.47 bits per heavy atom. The Morgan fingerprint density at radius 2 is 2.00 bits per heavy atom. The molecule has 1 nitrogen and oxygen atoms in total. The number of halogens is 1. The summed E-state index contributed by atoms with van der Waals surface area (Å²) in [6.07, 6.45) is 3.07. The maximum atomic E-state index is 4.20. The molecule has 1 atom stereocenters. The molecule has 1 aromatic heterocycles. The molecule has 0 aliphatic heterocycles. The number of aromatic nitrogens is 1. The van der Waals surface area contributed by atoms with Gasteiger partial charge in [0.25, 0.3) is 0 Å². The van der Waals surface area contributed by atoms with E-state index in [2.05, 4.69) is 66.9 Å². The van der Waals surface area contributed by atoms with Gasteiger partial charge in [0.2, 0.25) is 0 Å². The Bertz CT molecular complexity index is 357.